The summed E-state index contributed by atoms with van der Waals surface area (Å²) in [5.74, 6) is -0.344. The van der Waals surface area contributed by atoms with Crippen molar-refractivity contribution in [1.82, 2.24) is 0 Å². The number of hydrogen-bond acceptors (Lipinski definition) is 6. The number of nitro benzene ring substituents is 2. The lowest BCUT2D eigenvalue weighted by Gasteiger charge is -2.39. The number of halogens is 2. The van der Waals surface area contributed by atoms with Gasteiger partial charge in [-0.2, -0.15) is 0 Å². The van der Waals surface area contributed by atoms with Crippen LogP contribution < -0.4 is 10.6 Å². The third kappa shape index (κ3) is 4.92. The Bertz CT molecular complexity index is 2290. The third-order valence-electron chi connectivity index (χ3n) is 11.1. The van der Waals surface area contributed by atoms with Crippen LogP contribution in [0.15, 0.2) is 114 Å². The van der Waals surface area contributed by atoms with Gasteiger partial charge in [-0.15, -0.1) is 0 Å². The summed E-state index contributed by atoms with van der Waals surface area (Å²) in [5.41, 5.74) is 9.90. The predicted octanol–water partition coefficient (Wildman–Crippen LogP) is 10.2. The second kappa shape index (κ2) is 11.6. The van der Waals surface area contributed by atoms with E-state index in [2.05, 4.69) is 56.9 Å². The van der Waals surface area contributed by atoms with Crippen LogP contribution >= 0.6 is 15.9 Å². The first-order valence-electron chi connectivity index (χ1n) is 16.7. The van der Waals surface area contributed by atoms with Crippen LogP contribution in [-0.4, -0.2) is 9.85 Å². The lowest BCUT2D eigenvalue weighted by atomic mass is 9.74. The number of nitrogens with one attached hydrogen (secondary N) is 2. The minimum absolute atomic E-state index is 0.0108. The molecule has 0 saturated heterocycles. The molecule has 0 saturated carbocycles. The second-order valence-corrected chi connectivity index (χ2v) is 14.6. The lowest BCUT2D eigenvalue weighted by molar-refractivity contribution is -0.385. The Kier molecular flexibility index (Phi) is 7.13. The molecule has 0 amide bonds. The maximum atomic E-state index is 14.5. The summed E-state index contributed by atoms with van der Waals surface area (Å²) in [4.78, 5) is 23.3. The summed E-state index contributed by atoms with van der Waals surface area (Å²) in [6.07, 6.45) is 3.70. The van der Waals surface area contributed by atoms with E-state index < -0.39 is 0 Å². The zero-order chi connectivity index (χ0) is 34.3. The Hall–Kier alpha value is -5.35. The highest BCUT2D eigenvalue weighted by atomic mass is 79.9. The Morgan fingerprint density at radius 2 is 1.40 bits per heavy atom. The molecule has 4 aliphatic rings. The molecule has 0 fully saturated rings. The summed E-state index contributed by atoms with van der Waals surface area (Å²) in [5, 5.41) is 31.5. The van der Waals surface area contributed by atoms with Crippen LogP contribution in [0.1, 0.15) is 69.3 Å². The maximum absolute atomic E-state index is 14.5. The molecule has 2 aliphatic heterocycles. The topological polar surface area (TPSA) is 110 Å². The number of hydrogen-bond donors (Lipinski definition) is 2. The third-order valence-corrected chi connectivity index (χ3v) is 11.6. The number of nitrogens with zero attached hydrogens (tertiary/aromatic N) is 2. The van der Waals surface area contributed by atoms with Crippen LogP contribution in [0.5, 0.6) is 0 Å². The predicted molar refractivity (Wildman–Crippen MR) is 194 cm³/mol. The number of non-ortho nitro benzene ring substituents is 2. The van der Waals surface area contributed by atoms with E-state index in [1.807, 2.05) is 30.3 Å². The van der Waals surface area contributed by atoms with Crippen LogP contribution in [-0.2, 0) is 6.42 Å². The first-order chi connectivity index (χ1) is 24.2. The van der Waals surface area contributed by atoms with Gasteiger partial charge < -0.3 is 10.6 Å². The van der Waals surface area contributed by atoms with E-state index in [4.69, 9.17) is 0 Å². The highest BCUT2D eigenvalue weighted by Gasteiger charge is 2.46. The first kappa shape index (κ1) is 30.7. The Morgan fingerprint density at radius 3 is 2.20 bits per heavy atom. The fourth-order valence-electron chi connectivity index (χ4n) is 9.06. The highest BCUT2D eigenvalue weighted by molar-refractivity contribution is 9.10. The number of fused-ring (bicyclic) bond motifs is 8. The minimum atomic E-state index is -0.366. The van der Waals surface area contributed by atoms with Crippen molar-refractivity contribution in [2.24, 2.45) is 11.8 Å². The number of anilines is 2. The van der Waals surface area contributed by atoms with Crippen LogP contribution in [0.2, 0.25) is 0 Å². The second-order valence-electron chi connectivity index (χ2n) is 13.7. The molecule has 2 aliphatic carbocycles. The first-order valence-corrected chi connectivity index (χ1v) is 17.5. The molecule has 6 atom stereocenters. The number of nitro groups is 2. The van der Waals surface area contributed by atoms with Crippen molar-refractivity contribution in [3.8, 4) is 0 Å². The summed E-state index contributed by atoms with van der Waals surface area (Å²) >= 11 is 3.66. The lowest BCUT2D eigenvalue weighted by Crippen LogP contribution is -2.31. The van der Waals surface area contributed by atoms with Gasteiger partial charge >= 0.3 is 0 Å². The molecular formula is C40H30BrFN4O4. The van der Waals surface area contributed by atoms with Crippen LogP contribution in [0, 0.1) is 37.9 Å². The van der Waals surface area contributed by atoms with Crippen molar-refractivity contribution >= 4 is 44.3 Å². The van der Waals surface area contributed by atoms with Gasteiger partial charge in [-0.05, 0) is 112 Å². The summed E-state index contributed by atoms with van der Waals surface area (Å²) < 4.78 is 15.5. The molecule has 5 aromatic rings. The largest absolute Gasteiger partial charge is 0.378 e. The fourth-order valence-corrected chi connectivity index (χ4v) is 9.44. The SMILES string of the molecule is O=[N+]([O-])c1ccc(C2=CC3c4cc(Br)ccc4NC(c4cccc(F)c4)C3C2)c(C2Nc3ccc([N+](=O)[O-])cc3C3c4ccccc4CC23)c1. The molecule has 5 aromatic carbocycles. The smallest absolute Gasteiger partial charge is 0.269 e. The standard InChI is InChI=1S/C40H30BrFN4O4/c41-24-8-12-36-31(18-24)30-16-23(17-32(30)39(43-36)22-5-3-6-25(42)14-22)28-11-9-26(45(47)48)19-33(28)40-35-15-21-4-1-2-7-29(21)38(35)34-20-27(46(49)50)10-13-37(34)44-40/h1-14,16,18-20,30,32,35,38-40,43-44H,15,17H2. The van der Waals surface area contributed by atoms with Gasteiger partial charge in [0.25, 0.3) is 11.4 Å². The van der Waals surface area contributed by atoms with Gasteiger partial charge in [-0.3, -0.25) is 20.2 Å². The van der Waals surface area contributed by atoms with E-state index in [0.29, 0.717) is 6.42 Å². The molecule has 6 unspecified atom stereocenters. The molecule has 0 bridgehead atoms. The number of rotatable bonds is 5. The van der Waals surface area contributed by atoms with Crippen molar-refractivity contribution < 1.29 is 14.2 Å². The van der Waals surface area contributed by atoms with Gasteiger partial charge in [0.1, 0.15) is 5.82 Å². The number of benzene rings is 5. The normalized spacial score (nSPS) is 24.0. The molecule has 9 rings (SSSR count). The summed E-state index contributed by atoms with van der Waals surface area (Å²) in [7, 11) is 0. The summed E-state index contributed by atoms with van der Waals surface area (Å²) in [6.45, 7) is 0. The van der Waals surface area contributed by atoms with Crippen molar-refractivity contribution in [3.63, 3.8) is 0 Å². The Morgan fingerprint density at radius 1 is 0.680 bits per heavy atom. The Labute approximate surface area is 295 Å². The highest BCUT2D eigenvalue weighted by Crippen LogP contribution is 2.58. The van der Waals surface area contributed by atoms with Crippen LogP contribution in [0.4, 0.5) is 27.1 Å². The summed E-state index contributed by atoms with van der Waals surface area (Å²) in [6, 6.07) is 30.8. The van der Waals surface area contributed by atoms with E-state index in [9.17, 15) is 24.6 Å². The van der Waals surface area contributed by atoms with E-state index in [-0.39, 0.29) is 62.8 Å². The molecule has 8 nitrogen and oxygen atoms in total. The van der Waals surface area contributed by atoms with E-state index in [1.54, 1.807) is 36.4 Å². The zero-order valence-electron chi connectivity index (χ0n) is 26.6. The van der Waals surface area contributed by atoms with Gasteiger partial charge in [0.2, 0.25) is 0 Å². The molecular weight excluding hydrogens is 699 g/mol. The van der Waals surface area contributed by atoms with Crippen LogP contribution in [0.25, 0.3) is 5.57 Å². The van der Waals surface area contributed by atoms with Crippen LogP contribution in [0.3, 0.4) is 0 Å². The molecule has 10 heteroatoms. The van der Waals surface area contributed by atoms with Gasteiger partial charge in [0, 0.05) is 51.9 Å². The van der Waals surface area contributed by atoms with Crippen molar-refractivity contribution in [2.45, 2.75) is 36.8 Å². The fraction of sp³-hybridized carbons (Fsp3) is 0.200. The van der Waals surface area contributed by atoms with Crippen molar-refractivity contribution in [3.05, 3.63) is 179 Å². The monoisotopic (exact) mass is 728 g/mol. The van der Waals surface area contributed by atoms with Gasteiger partial charge in [0.15, 0.2) is 0 Å². The molecule has 2 N–H and O–H groups in total. The van der Waals surface area contributed by atoms with E-state index in [1.165, 1.54) is 17.7 Å². The minimum Gasteiger partial charge on any atom is -0.378 e. The quantitative estimate of drug-likeness (QED) is 0.138. The van der Waals surface area contributed by atoms with Gasteiger partial charge in [0.05, 0.1) is 21.9 Å². The molecule has 2 heterocycles. The molecule has 248 valence electrons. The average Bonchev–Trinajstić information content (AvgIpc) is 3.74. The molecule has 0 radical (unpaired) electrons. The van der Waals surface area contributed by atoms with Crippen molar-refractivity contribution in [1.29, 1.82) is 0 Å². The Balaban J connectivity index is 1.19. The molecule has 0 aromatic heterocycles. The zero-order valence-corrected chi connectivity index (χ0v) is 28.1. The molecule has 50 heavy (non-hydrogen) atoms. The van der Waals surface area contributed by atoms with E-state index in [0.717, 1.165) is 61.2 Å². The molecule has 0 spiro atoms. The van der Waals surface area contributed by atoms with Crippen molar-refractivity contribution in [2.75, 3.05) is 10.6 Å². The van der Waals surface area contributed by atoms with Gasteiger partial charge in [-0.25, -0.2) is 4.39 Å². The average molecular weight is 730 g/mol. The number of allylic oxidation sites excluding steroid dienone is 2. The van der Waals surface area contributed by atoms with E-state index >= 15 is 0 Å². The van der Waals surface area contributed by atoms with Gasteiger partial charge in [-0.1, -0.05) is 58.4 Å². The maximum Gasteiger partial charge on any atom is 0.269 e.